The average molecular weight is 259 g/mol. The Bertz CT molecular complexity index is 478. The van der Waals surface area contributed by atoms with Gasteiger partial charge in [-0.1, -0.05) is 0 Å². The predicted molar refractivity (Wildman–Crippen MR) is 74.8 cm³/mol. The minimum atomic E-state index is 0.194. The summed E-state index contributed by atoms with van der Waals surface area (Å²) in [7, 11) is 1.67. The SMILES string of the molecule is COc1ccc2c(c1)CCC(CN1CCCC1)C2=O. The van der Waals surface area contributed by atoms with Gasteiger partial charge >= 0.3 is 0 Å². The number of hydrogen-bond acceptors (Lipinski definition) is 3. The molecule has 19 heavy (non-hydrogen) atoms. The van der Waals surface area contributed by atoms with Gasteiger partial charge in [0.25, 0.3) is 0 Å². The number of ether oxygens (including phenoxy) is 1. The van der Waals surface area contributed by atoms with Gasteiger partial charge in [-0.05, 0) is 62.5 Å². The number of hydrogen-bond donors (Lipinski definition) is 0. The first-order valence-electron chi connectivity index (χ1n) is 7.21. The van der Waals surface area contributed by atoms with Gasteiger partial charge in [-0.25, -0.2) is 0 Å². The number of carbonyl (C=O) groups is 1. The van der Waals surface area contributed by atoms with Crippen LogP contribution in [0.1, 0.15) is 35.2 Å². The quantitative estimate of drug-likeness (QED) is 0.835. The Morgan fingerprint density at radius 1 is 1.32 bits per heavy atom. The van der Waals surface area contributed by atoms with Gasteiger partial charge in [0, 0.05) is 18.0 Å². The van der Waals surface area contributed by atoms with Crippen molar-refractivity contribution >= 4 is 5.78 Å². The number of likely N-dealkylation sites (tertiary alicyclic amines) is 1. The summed E-state index contributed by atoms with van der Waals surface area (Å²) < 4.78 is 5.23. The molecule has 1 fully saturated rings. The van der Waals surface area contributed by atoms with Crippen LogP contribution in [0.3, 0.4) is 0 Å². The third-order valence-electron chi connectivity index (χ3n) is 4.39. The number of Topliss-reactive ketones (excluding diaryl/α,β-unsaturated/α-hetero) is 1. The molecule has 0 aromatic heterocycles. The smallest absolute Gasteiger partial charge is 0.167 e. The lowest BCUT2D eigenvalue weighted by Gasteiger charge is -2.27. The van der Waals surface area contributed by atoms with Crippen LogP contribution in [-0.2, 0) is 6.42 Å². The van der Waals surface area contributed by atoms with Crippen molar-refractivity contribution in [3.05, 3.63) is 29.3 Å². The van der Waals surface area contributed by atoms with Crippen LogP contribution in [0.25, 0.3) is 0 Å². The van der Waals surface area contributed by atoms with Crippen LogP contribution in [0.4, 0.5) is 0 Å². The van der Waals surface area contributed by atoms with Crippen molar-refractivity contribution in [2.24, 2.45) is 5.92 Å². The summed E-state index contributed by atoms with van der Waals surface area (Å²) in [6.07, 6.45) is 4.55. The summed E-state index contributed by atoms with van der Waals surface area (Å²) in [5.41, 5.74) is 2.07. The molecule has 0 amide bonds. The van der Waals surface area contributed by atoms with E-state index in [0.717, 1.165) is 36.3 Å². The maximum Gasteiger partial charge on any atom is 0.167 e. The number of nitrogens with zero attached hydrogens (tertiary/aromatic N) is 1. The van der Waals surface area contributed by atoms with E-state index in [4.69, 9.17) is 4.74 Å². The number of ketones is 1. The van der Waals surface area contributed by atoms with Crippen molar-refractivity contribution in [3.63, 3.8) is 0 Å². The van der Waals surface area contributed by atoms with E-state index in [0.29, 0.717) is 5.78 Å². The van der Waals surface area contributed by atoms with E-state index in [9.17, 15) is 4.79 Å². The van der Waals surface area contributed by atoms with E-state index in [1.165, 1.54) is 25.9 Å². The zero-order valence-electron chi connectivity index (χ0n) is 11.5. The summed E-state index contributed by atoms with van der Waals surface area (Å²) in [5.74, 6) is 1.37. The Balaban J connectivity index is 1.75. The molecule has 1 saturated heterocycles. The minimum absolute atomic E-state index is 0.194. The number of benzene rings is 1. The first-order valence-corrected chi connectivity index (χ1v) is 7.21. The molecule has 3 rings (SSSR count). The minimum Gasteiger partial charge on any atom is -0.497 e. The Morgan fingerprint density at radius 2 is 2.11 bits per heavy atom. The van der Waals surface area contributed by atoms with Crippen LogP contribution in [0.5, 0.6) is 5.75 Å². The molecule has 102 valence electrons. The average Bonchev–Trinajstić information content (AvgIpc) is 2.94. The summed E-state index contributed by atoms with van der Waals surface area (Å²) >= 11 is 0. The largest absolute Gasteiger partial charge is 0.497 e. The molecule has 1 aliphatic carbocycles. The van der Waals surface area contributed by atoms with Gasteiger partial charge < -0.3 is 9.64 Å². The molecule has 1 aromatic carbocycles. The van der Waals surface area contributed by atoms with E-state index in [-0.39, 0.29) is 5.92 Å². The lowest BCUT2D eigenvalue weighted by Crippen LogP contribution is -2.34. The van der Waals surface area contributed by atoms with Crippen LogP contribution >= 0.6 is 0 Å². The number of carbonyl (C=O) groups excluding carboxylic acids is 1. The lowest BCUT2D eigenvalue weighted by atomic mass is 9.82. The Hall–Kier alpha value is -1.35. The van der Waals surface area contributed by atoms with Gasteiger partial charge in [0.15, 0.2) is 5.78 Å². The highest BCUT2D eigenvalue weighted by atomic mass is 16.5. The van der Waals surface area contributed by atoms with E-state index in [1.54, 1.807) is 7.11 Å². The van der Waals surface area contributed by atoms with E-state index in [1.807, 2.05) is 18.2 Å². The molecule has 1 unspecified atom stereocenters. The Morgan fingerprint density at radius 3 is 2.84 bits per heavy atom. The molecule has 0 spiro atoms. The summed E-state index contributed by atoms with van der Waals surface area (Å²) in [6, 6.07) is 5.85. The van der Waals surface area contributed by atoms with Gasteiger partial charge in [0.05, 0.1) is 7.11 Å². The number of aryl methyl sites for hydroxylation is 1. The monoisotopic (exact) mass is 259 g/mol. The molecular weight excluding hydrogens is 238 g/mol. The fourth-order valence-corrected chi connectivity index (χ4v) is 3.28. The molecule has 1 aliphatic heterocycles. The summed E-state index contributed by atoms with van der Waals surface area (Å²) in [6.45, 7) is 3.28. The molecule has 0 radical (unpaired) electrons. The van der Waals surface area contributed by atoms with Crippen molar-refractivity contribution in [2.75, 3.05) is 26.7 Å². The predicted octanol–water partition coefficient (Wildman–Crippen LogP) is 2.54. The molecule has 1 heterocycles. The molecule has 0 bridgehead atoms. The fourth-order valence-electron chi connectivity index (χ4n) is 3.28. The summed E-state index contributed by atoms with van der Waals surface area (Å²) in [5, 5.41) is 0. The third-order valence-corrected chi connectivity index (χ3v) is 4.39. The molecule has 3 nitrogen and oxygen atoms in total. The van der Waals surface area contributed by atoms with Crippen molar-refractivity contribution in [1.29, 1.82) is 0 Å². The molecule has 3 heteroatoms. The zero-order valence-corrected chi connectivity index (χ0v) is 11.5. The normalized spacial score (nSPS) is 23.4. The molecule has 2 aliphatic rings. The maximum absolute atomic E-state index is 12.5. The lowest BCUT2D eigenvalue weighted by molar-refractivity contribution is 0.0868. The molecule has 0 saturated carbocycles. The second-order valence-electron chi connectivity index (χ2n) is 5.63. The van der Waals surface area contributed by atoms with Crippen molar-refractivity contribution in [1.82, 2.24) is 4.90 Å². The highest BCUT2D eigenvalue weighted by Gasteiger charge is 2.29. The second kappa shape index (κ2) is 5.33. The second-order valence-corrected chi connectivity index (χ2v) is 5.63. The summed E-state index contributed by atoms with van der Waals surface area (Å²) in [4.78, 5) is 15.0. The molecule has 1 atom stereocenters. The Labute approximate surface area is 114 Å². The van der Waals surface area contributed by atoms with Crippen molar-refractivity contribution in [2.45, 2.75) is 25.7 Å². The number of fused-ring (bicyclic) bond motifs is 1. The van der Waals surface area contributed by atoms with Gasteiger partial charge in [0.1, 0.15) is 5.75 Å². The van der Waals surface area contributed by atoms with Crippen LogP contribution in [0, 0.1) is 5.92 Å². The first kappa shape index (κ1) is 12.7. The molecule has 0 N–H and O–H groups in total. The van der Waals surface area contributed by atoms with Gasteiger partial charge in [-0.2, -0.15) is 0 Å². The standard InChI is InChI=1S/C16H21NO2/c1-19-14-6-7-15-12(10-14)4-5-13(16(15)18)11-17-8-2-3-9-17/h6-7,10,13H,2-5,8-9,11H2,1H3. The number of rotatable bonds is 3. The van der Waals surface area contributed by atoms with Crippen molar-refractivity contribution in [3.8, 4) is 5.75 Å². The topological polar surface area (TPSA) is 29.5 Å². The van der Waals surface area contributed by atoms with Crippen LogP contribution < -0.4 is 4.74 Å². The van der Waals surface area contributed by atoms with Crippen LogP contribution in [0.2, 0.25) is 0 Å². The Kier molecular flexibility index (Phi) is 3.56. The molecule has 1 aromatic rings. The zero-order chi connectivity index (χ0) is 13.2. The molecular formula is C16H21NO2. The van der Waals surface area contributed by atoms with Crippen molar-refractivity contribution < 1.29 is 9.53 Å². The van der Waals surface area contributed by atoms with Gasteiger partial charge in [0.2, 0.25) is 0 Å². The maximum atomic E-state index is 12.5. The first-order chi connectivity index (χ1) is 9.28. The van der Waals surface area contributed by atoms with E-state index in [2.05, 4.69) is 4.90 Å². The number of methoxy groups -OCH3 is 1. The van der Waals surface area contributed by atoms with Crippen LogP contribution in [0.15, 0.2) is 18.2 Å². The van der Waals surface area contributed by atoms with Crippen LogP contribution in [-0.4, -0.2) is 37.4 Å². The fraction of sp³-hybridized carbons (Fsp3) is 0.562. The highest BCUT2D eigenvalue weighted by molar-refractivity contribution is 6.00. The third kappa shape index (κ3) is 2.52. The van der Waals surface area contributed by atoms with Gasteiger partial charge in [-0.15, -0.1) is 0 Å². The highest BCUT2D eigenvalue weighted by Crippen LogP contribution is 2.29. The van der Waals surface area contributed by atoms with Gasteiger partial charge in [-0.3, -0.25) is 4.79 Å². The van der Waals surface area contributed by atoms with E-state index >= 15 is 0 Å². The van der Waals surface area contributed by atoms with E-state index < -0.39 is 0 Å².